The highest BCUT2D eigenvalue weighted by molar-refractivity contribution is 6.00. The number of methoxy groups -OCH3 is 1. The average molecular weight is 282 g/mol. The van der Waals surface area contributed by atoms with Crippen LogP contribution in [0.1, 0.15) is 10.4 Å². The van der Waals surface area contributed by atoms with E-state index in [0.29, 0.717) is 5.75 Å². The van der Waals surface area contributed by atoms with Crippen molar-refractivity contribution in [1.82, 2.24) is 9.80 Å². The number of Topliss-reactive ketones (excluding diaryl/α,β-unsaturated/α-hetero) is 1. The molecule has 0 aliphatic heterocycles. The molecule has 0 aliphatic rings. The van der Waals surface area contributed by atoms with E-state index in [9.17, 15) is 14.0 Å². The Balaban J connectivity index is 2.76. The fourth-order valence-electron chi connectivity index (χ4n) is 1.66. The molecule has 6 heteroatoms. The van der Waals surface area contributed by atoms with Gasteiger partial charge in [0, 0.05) is 14.1 Å². The summed E-state index contributed by atoms with van der Waals surface area (Å²) in [6.07, 6.45) is 0. The van der Waals surface area contributed by atoms with Gasteiger partial charge in [-0.15, -0.1) is 0 Å². The third-order valence-corrected chi connectivity index (χ3v) is 2.78. The zero-order chi connectivity index (χ0) is 15.3. The Bertz CT molecular complexity index is 503. The number of ether oxygens (including phenoxy) is 1. The summed E-state index contributed by atoms with van der Waals surface area (Å²) in [5.41, 5.74) is 0.177. The van der Waals surface area contributed by atoms with Crippen molar-refractivity contribution < 1.29 is 18.7 Å². The molecule has 1 rings (SSSR count). The van der Waals surface area contributed by atoms with Crippen LogP contribution in [-0.4, -0.2) is 62.8 Å². The van der Waals surface area contributed by atoms with Crippen molar-refractivity contribution in [2.24, 2.45) is 0 Å². The fourth-order valence-corrected chi connectivity index (χ4v) is 1.66. The monoisotopic (exact) mass is 282 g/mol. The molecule has 1 amide bonds. The maximum atomic E-state index is 13.2. The minimum Gasteiger partial charge on any atom is -0.496 e. The molecule has 0 spiro atoms. The molecular weight excluding hydrogens is 263 g/mol. The molecule has 0 atom stereocenters. The van der Waals surface area contributed by atoms with Gasteiger partial charge in [0.15, 0.2) is 5.78 Å². The first-order valence-electron chi connectivity index (χ1n) is 6.10. The SMILES string of the molecule is COc1ccc(F)cc1C(=O)CN(C)CC(=O)N(C)C. The Morgan fingerprint density at radius 1 is 1.20 bits per heavy atom. The summed E-state index contributed by atoms with van der Waals surface area (Å²) >= 11 is 0. The van der Waals surface area contributed by atoms with Crippen molar-refractivity contribution in [3.63, 3.8) is 0 Å². The third kappa shape index (κ3) is 4.31. The summed E-state index contributed by atoms with van der Waals surface area (Å²) in [5, 5.41) is 0. The molecule has 20 heavy (non-hydrogen) atoms. The van der Waals surface area contributed by atoms with E-state index in [2.05, 4.69) is 0 Å². The second-order valence-corrected chi connectivity index (χ2v) is 4.73. The fraction of sp³-hybridized carbons (Fsp3) is 0.429. The number of benzene rings is 1. The zero-order valence-electron chi connectivity index (χ0n) is 12.1. The van der Waals surface area contributed by atoms with Gasteiger partial charge in [0.25, 0.3) is 0 Å². The Hall–Kier alpha value is -1.95. The van der Waals surface area contributed by atoms with Gasteiger partial charge in [-0.25, -0.2) is 4.39 Å². The minimum absolute atomic E-state index is 0.0133. The summed E-state index contributed by atoms with van der Waals surface area (Å²) in [4.78, 5) is 26.7. The maximum Gasteiger partial charge on any atom is 0.236 e. The molecule has 0 saturated carbocycles. The van der Waals surface area contributed by atoms with Crippen molar-refractivity contribution in [3.05, 3.63) is 29.6 Å². The van der Waals surface area contributed by atoms with Crippen LogP contribution in [0.5, 0.6) is 5.75 Å². The Labute approximate surface area is 117 Å². The predicted molar refractivity (Wildman–Crippen MR) is 73.5 cm³/mol. The largest absolute Gasteiger partial charge is 0.496 e. The smallest absolute Gasteiger partial charge is 0.236 e. The molecule has 0 fully saturated rings. The maximum absolute atomic E-state index is 13.2. The molecule has 0 heterocycles. The van der Waals surface area contributed by atoms with Crippen LogP contribution < -0.4 is 4.74 Å². The Morgan fingerprint density at radius 3 is 2.40 bits per heavy atom. The summed E-state index contributed by atoms with van der Waals surface area (Å²) < 4.78 is 18.3. The van der Waals surface area contributed by atoms with Gasteiger partial charge >= 0.3 is 0 Å². The second kappa shape index (κ2) is 7.00. The van der Waals surface area contributed by atoms with Crippen LogP contribution >= 0.6 is 0 Å². The van der Waals surface area contributed by atoms with Crippen LogP contribution in [-0.2, 0) is 4.79 Å². The lowest BCUT2D eigenvalue weighted by molar-refractivity contribution is -0.129. The molecule has 110 valence electrons. The van der Waals surface area contributed by atoms with Crippen molar-refractivity contribution in [3.8, 4) is 5.75 Å². The molecule has 0 unspecified atom stereocenters. The van der Waals surface area contributed by atoms with Crippen molar-refractivity contribution >= 4 is 11.7 Å². The zero-order valence-corrected chi connectivity index (χ0v) is 12.1. The average Bonchev–Trinajstić information content (AvgIpc) is 2.38. The van der Waals surface area contributed by atoms with Crippen LogP contribution in [0.2, 0.25) is 0 Å². The van der Waals surface area contributed by atoms with Crippen molar-refractivity contribution in [2.45, 2.75) is 0 Å². The lowest BCUT2D eigenvalue weighted by Gasteiger charge is -2.18. The van der Waals surface area contributed by atoms with Gasteiger partial charge in [-0.2, -0.15) is 0 Å². The van der Waals surface area contributed by atoms with Gasteiger partial charge in [0.2, 0.25) is 5.91 Å². The molecular formula is C14H19FN2O3. The van der Waals surface area contributed by atoms with Crippen LogP contribution in [0, 0.1) is 5.82 Å². The number of hydrogen-bond donors (Lipinski definition) is 0. The van der Waals surface area contributed by atoms with Gasteiger partial charge in [-0.1, -0.05) is 0 Å². The van der Waals surface area contributed by atoms with E-state index in [1.807, 2.05) is 0 Å². The van der Waals surface area contributed by atoms with Gasteiger partial charge in [-0.3, -0.25) is 14.5 Å². The lowest BCUT2D eigenvalue weighted by Crippen LogP contribution is -2.37. The van der Waals surface area contributed by atoms with Crippen LogP contribution in [0.3, 0.4) is 0 Å². The predicted octanol–water partition coefficient (Wildman–Crippen LogP) is 1.04. The number of rotatable bonds is 6. The number of ketones is 1. The quantitative estimate of drug-likeness (QED) is 0.731. The second-order valence-electron chi connectivity index (χ2n) is 4.73. The first-order chi connectivity index (χ1) is 9.35. The van der Waals surface area contributed by atoms with Crippen LogP contribution in [0.4, 0.5) is 4.39 Å². The number of likely N-dealkylation sites (N-methyl/N-ethyl adjacent to an activating group) is 2. The van der Waals surface area contributed by atoms with Crippen molar-refractivity contribution in [2.75, 3.05) is 41.3 Å². The van der Waals surface area contributed by atoms with E-state index in [1.165, 1.54) is 24.1 Å². The van der Waals surface area contributed by atoms with E-state index in [4.69, 9.17) is 4.74 Å². The summed E-state index contributed by atoms with van der Waals surface area (Å²) in [6, 6.07) is 3.78. The Morgan fingerprint density at radius 2 is 1.85 bits per heavy atom. The Kier molecular flexibility index (Phi) is 5.64. The summed E-state index contributed by atoms with van der Waals surface area (Å²) in [5.74, 6) is -0.577. The topological polar surface area (TPSA) is 49.9 Å². The molecule has 5 nitrogen and oxygen atoms in total. The number of carbonyl (C=O) groups is 2. The van der Waals surface area contributed by atoms with E-state index in [-0.39, 0.29) is 30.3 Å². The van der Waals surface area contributed by atoms with Gasteiger partial charge < -0.3 is 9.64 Å². The summed E-state index contributed by atoms with van der Waals surface area (Å²) in [6.45, 7) is 0.135. The highest BCUT2D eigenvalue weighted by Gasteiger charge is 2.17. The van der Waals surface area contributed by atoms with Gasteiger partial charge in [0.05, 0.1) is 25.8 Å². The molecule has 0 radical (unpaired) electrons. The molecule has 0 N–H and O–H groups in total. The summed E-state index contributed by atoms with van der Waals surface area (Å²) in [7, 11) is 6.37. The molecule has 0 saturated heterocycles. The van der Waals surface area contributed by atoms with Crippen molar-refractivity contribution in [1.29, 1.82) is 0 Å². The van der Waals surface area contributed by atoms with Crippen LogP contribution in [0.25, 0.3) is 0 Å². The number of hydrogen-bond acceptors (Lipinski definition) is 4. The highest BCUT2D eigenvalue weighted by Crippen LogP contribution is 2.20. The molecule has 0 bridgehead atoms. The standard InChI is InChI=1S/C14H19FN2O3/c1-16(2)14(19)9-17(3)8-12(18)11-7-10(15)5-6-13(11)20-4/h5-7H,8-9H2,1-4H3. The number of nitrogens with zero attached hydrogens (tertiary/aromatic N) is 2. The van der Waals surface area contributed by atoms with E-state index in [1.54, 1.807) is 26.0 Å². The normalized spacial score (nSPS) is 10.5. The van der Waals surface area contributed by atoms with E-state index < -0.39 is 5.82 Å². The highest BCUT2D eigenvalue weighted by atomic mass is 19.1. The van der Waals surface area contributed by atoms with E-state index in [0.717, 1.165) is 6.07 Å². The molecule has 0 aromatic heterocycles. The first-order valence-corrected chi connectivity index (χ1v) is 6.10. The number of carbonyl (C=O) groups excluding carboxylic acids is 2. The van der Waals surface area contributed by atoms with E-state index >= 15 is 0 Å². The molecule has 1 aromatic rings. The molecule has 0 aliphatic carbocycles. The van der Waals surface area contributed by atoms with Gasteiger partial charge in [0.1, 0.15) is 11.6 Å². The minimum atomic E-state index is -0.499. The molecule has 1 aromatic carbocycles. The lowest BCUT2D eigenvalue weighted by atomic mass is 10.1. The van der Waals surface area contributed by atoms with Gasteiger partial charge in [-0.05, 0) is 25.2 Å². The first kappa shape index (κ1) is 16.1. The number of amides is 1. The number of halogens is 1. The van der Waals surface area contributed by atoms with Crippen LogP contribution in [0.15, 0.2) is 18.2 Å². The third-order valence-electron chi connectivity index (χ3n) is 2.78.